The Morgan fingerprint density at radius 3 is 2.79 bits per heavy atom. The third-order valence-corrected chi connectivity index (χ3v) is 3.10. The van der Waals surface area contributed by atoms with E-state index in [0.717, 1.165) is 25.0 Å². The van der Waals surface area contributed by atoms with Crippen LogP contribution in [0.2, 0.25) is 0 Å². The molecule has 2 heterocycles. The van der Waals surface area contributed by atoms with Crippen LogP contribution in [0.4, 0.5) is 0 Å². The zero-order chi connectivity index (χ0) is 13.8. The van der Waals surface area contributed by atoms with Crippen molar-refractivity contribution in [3.63, 3.8) is 0 Å². The highest BCUT2D eigenvalue weighted by atomic mass is 16.5. The molecule has 0 spiro atoms. The van der Waals surface area contributed by atoms with Crippen molar-refractivity contribution in [2.75, 3.05) is 0 Å². The highest BCUT2D eigenvalue weighted by Gasteiger charge is 2.16. The Balaban J connectivity index is 1.96. The molecule has 2 unspecified atom stereocenters. The summed E-state index contributed by atoms with van der Waals surface area (Å²) in [5.74, 6) is 1.48. The molecule has 2 N–H and O–H groups in total. The molecule has 0 aliphatic carbocycles. The fraction of sp³-hybridized carbons (Fsp3) is 0.615. The van der Waals surface area contributed by atoms with Crippen molar-refractivity contribution in [3.05, 3.63) is 18.2 Å². The molecule has 2 atom stereocenters. The molecule has 2 aromatic heterocycles. The van der Waals surface area contributed by atoms with Gasteiger partial charge in [0.15, 0.2) is 0 Å². The molecule has 104 valence electrons. The predicted molar refractivity (Wildman–Crippen MR) is 72.4 cm³/mol. The number of hydrogen-bond donors (Lipinski definition) is 1. The van der Waals surface area contributed by atoms with Crippen LogP contribution in [0.1, 0.15) is 44.9 Å². The average Bonchev–Trinajstić information content (AvgIpc) is 2.96. The molecule has 0 saturated carbocycles. The van der Waals surface area contributed by atoms with Gasteiger partial charge in [-0.15, -0.1) is 0 Å². The van der Waals surface area contributed by atoms with E-state index in [1.165, 1.54) is 0 Å². The van der Waals surface area contributed by atoms with E-state index in [-0.39, 0.29) is 12.0 Å². The lowest BCUT2D eigenvalue weighted by molar-refractivity contribution is 0.349. The average molecular weight is 263 g/mol. The van der Waals surface area contributed by atoms with Crippen LogP contribution in [0.5, 0.6) is 0 Å². The third-order valence-electron chi connectivity index (χ3n) is 3.10. The second-order valence-electron chi connectivity index (χ2n) is 5.14. The van der Waals surface area contributed by atoms with Crippen LogP contribution in [0.15, 0.2) is 16.8 Å². The van der Waals surface area contributed by atoms with E-state index >= 15 is 0 Å². The molecule has 0 fully saturated rings. The molecule has 0 aliphatic rings. The monoisotopic (exact) mass is 263 g/mol. The summed E-state index contributed by atoms with van der Waals surface area (Å²) >= 11 is 0. The smallest absolute Gasteiger partial charge is 0.229 e. The molecule has 6 nitrogen and oxygen atoms in total. The van der Waals surface area contributed by atoms with Gasteiger partial charge in [-0.3, -0.25) is 4.68 Å². The van der Waals surface area contributed by atoms with E-state index in [0.29, 0.717) is 11.7 Å². The minimum atomic E-state index is 0.249. The zero-order valence-corrected chi connectivity index (χ0v) is 11.7. The van der Waals surface area contributed by atoms with Gasteiger partial charge in [-0.1, -0.05) is 18.5 Å². The summed E-state index contributed by atoms with van der Waals surface area (Å²) in [6, 6.07) is 2.12. The van der Waals surface area contributed by atoms with E-state index in [2.05, 4.69) is 22.2 Å². The quantitative estimate of drug-likeness (QED) is 0.862. The number of rotatable bonds is 6. The number of aromatic nitrogens is 4. The van der Waals surface area contributed by atoms with Crippen LogP contribution in [0.25, 0.3) is 11.5 Å². The second kappa shape index (κ2) is 5.97. The van der Waals surface area contributed by atoms with Gasteiger partial charge in [-0.05, 0) is 25.8 Å². The van der Waals surface area contributed by atoms with Crippen molar-refractivity contribution in [2.24, 2.45) is 12.8 Å². The van der Waals surface area contributed by atoms with Crippen molar-refractivity contribution >= 4 is 0 Å². The fourth-order valence-electron chi connectivity index (χ4n) is 1.94. The second-order valence-corrected chi connectivity index (χ2v) is 5.14. The highest BCUT2D eigenvalue weighted by Crippen LogP contribution is 2.22. The summed E-state index contributed by atoms with van der Waals surface area (Å²) in [5.41, 5.74) is 6.47. The number of hydrogen-bond acceptors (Lipinski definition) is 5. The molecule has 19 heavy (non-hydrogen) atoms. The van der Waals surface area contributed by atoms with Crippen LogP contribution < -0.4 is 5.73 Å². The number of nitrogens with two attached hydrogens (primary N) is 1. The molecule has 2 rings (SSSR count). The molecule has 0 aliphatic heterocycles. The lowest BCUT2D eigenvalue weighted by Gasteiger charge is -2.07. The number of aryl methyl sites for hydroxylation is 1. The van der Waals surface area contributed by atoms with Crippen molar-refractivity contribution in [2.45, 2.75) is 45.1 Å². The Kier molecular flexibility index (Phi) is 4.31. The molecule has 0 radical (unpaired) electrons. The zero-order valence-electron chi connectivity index (χ0n) is 11.7. The van der Waals surface area contributed by atoms with Gasteiger partial charge >= 0.3 is 0 Å². The minimum absolute atomic E-state index is 0.249. The van der Waals surface area contributed by atoms with Crippen molar-refractivity contribution < 1.29 is 4.52 Å². The Morgan fingerprint density at radius 2 is 2.16 bits per heavy atom. The van der Waals surface area contributed by atoms with Gasteiger partial charge in [0, 0.05) is 25.2 Å². The molecule has 6 heteroatoms. The van der Waals surface area contributed by atoms with E-state index < -0.39 is 0 Å². The molecule has 0 aromatic carbocycles. The molecule has 0 saturated heterocycles. The SMILES string of the molecule is CC(N)CCCC(C)c1nc(-c2ccn(C)n2)no1. The van der Waals surface area contributed by atoms with Crippen molar-refractivity contribution in [3.8, 4) is 11.5 Å². The Labute approximate surface area is 113 Å². The van der Waals surface area contributed by atoms with Gasteiger partial charge in [0.05, 0.1) is 0 Å². The number of nitrogens with zero attached hydrogens (tertiary/aromatic N) is 4. The van der Waals surface area contributed by atoms with Crippen molar-refractivity contribution in [1.29, 1.82) is 0 Å². The maximum atomic E-state index is 5.74. The fourth-order valence-corrected chi connectivity index (χ4v) is 1.94. The van der Waals surface area contributed by atoms with E-state index in [4.69, 9.17) is 10.3 Å². The molecule has 0 amide bonds. The van der Waals surface area contributed by atoms with Crippen LogP contribution in [-0.2, 0) is 7.05 Å². The lowest BCUT2D eigenvalue weighted by Crippen LogP contribution is -2.14. The summed E-state index contributed by atoms with van der Waals surface area (Å²) in [4.78, 5) is 4.41. The van der Waals surface area contributed by atoms with E-state index in [1.807, 2.05) is 26.2 Å². The molecule has 0 bridgehead atoms. The van der Waals surface area contributed by atoms with Crippen LogP contribution in [0.3, 0.4) is 0 Å². The molecular formula is C13H21N5O. The Bertz CT molecular complexity index is 517. The van der Waals surface area contributed by atoms with Gasteiger partial charge in [-0.2, -0.15) is 10.1 Å². The summed E-state index contributed by atoms with van der Waals surface area (Å²) in [6.45, 7) is 4.12. The molecular weight excluding hydrogens is 242 g/mol. The van der Waals surface area contributed by atoms with Gasteiger partial charge in [0.1, 0.15) is 5.69 Å². The maximum absolute atomic E-state index is 5.74. The minimum Gasteiger partial charge on any atom is -0.339 e. The lowest BCUT2D eigenvalue weighted by atomic mass is 10.0. The summed E-state index contributed by atoms with van der Waals surface area (Å²) < 4.78 is 7.03. The van der Waals surface area contributed by atoms with E-state index in [1.54, 1.807) is 4.68 Å². The van der Waals surface area contributed by atoms with Crippen molar-refractivity contribution in [1.82, 2.24) is 19.9 Å². The van der Waals surface area contributed by atoms with Gasteiger partial charge in [-0.25, -0.2) is 0 Å². The summed E-state index contributed by atoms with van der Waals surface area (Å²) in [5, 5.41) is 8.23. The Hall–Kier alpha value is -1.69. The largest absolute Gasteiger partial charge is 0.339 e. The van der Waals surface area contributed by atoms with Gasteiger partial charge in [0.25, 0.3) is 0 Å². The first kappa shape index (κ1) is 13.7. The predicted octanol–water partition coefficient (Wildman–Crippen LogP) is 2.09. The first-order valence-corrected chi connectivity index (χ1v) is 6.65. The van der Waals surface area contributed by atoms with Crippen LogP contribution >= 0.6 is 0 Å². The van der Waals surface area contributed by atoms with Gasteiger partial charge < -0.3 is 10.3 Å². The van der Waals surface area contributed by atoms with Crippen LogP contribution in [-0.4, -0.2) is 26.0 Å². The first-order chi connectivity index (χ1) is 9.06. The normalized spacial score (nSPS) is 14.5. The standard InChI is InChI=1S/C13H21N5O/c1-9(5-4-6-10(2)14)13-15-12(17-19-13)11-7-8-18(3)16-11/h7-10H,4-6,14H2,1-3H3. The third kappa shape index (κ3) is 3.64. The first-order valence-electron chi connectivity index (χ1n) is 6.65. The maximum Gasteiger partial charge on any atom is 0.229 e. The topological polar surface area (TPSA) is 82.8 Å². The molecule has 2 aromatic rings. The summed E-state index contributed by atoms with van der Waals surface area (Å²) in [6.07, 6.45) is 4.95. The summed E-state index contributed by atoms with van der Waals surface area (Å²) in [7, 11) is 1.86. The van der Waals surface area contributed by atoms with Gasteiger partial charge in [0.2, 0.25) is 11.7 Å². The van der Waals surface area contributed by atoms with Crippen LogP contribution in [0, 0.1) is 0 Å². The Morgan fingerprint density at radius 1 is 1.37 bits per heavy atom. The van der Waals surface area contributed by atoms with E-state index in [9.17, 15) is 0 Å². The highest BCUT2D eigenvalue weighted by molar-refractivity contribution is 5.46.